The molecule has 1 aliphatic heterocycles. The summed E-state index contributed by atoms with van der Waals surface area (Å²) in [5, 5.41) is 2.98. The number of aryl methyl sites for hydroxylation is 1. The Morgan fingerprint density at radius 2 is 2.03 bits per heavy atom. The van der Waals surface area contributed by atoms with Gasteiger partial charge in [0.15, 0.2) is 0 Å². The van der Waals surface area contributed by atoms with Crippen LogP contribution >= 0.6 is 0 Å². The number of hydrogen-bond acceptors (Lipinski definition) is 5. The summed E-state index contributed by atoms with van der Waals surface area (Å²) in [6, 6.07) is 8.74. The molecule has 8 heteroatoms. The van der Waals surface area contributed by atoms with Gasteiger partial charge >= 0.3 is 11.1 Å². The minimum Gasteiger partial charge on any atom is -0.468 e. The van der Waals surface area contributed by atoms with Crippen molar-refractivity contribution in [3.05, 3.63) is 68.6 Å². The van der Waals surface area contributed by atoms with Gasteiger partial charge in [-0.15, -0.1) is 0 Å². The van der Waals surface area contributed by atoms with Crippen LogP contribution in [0.25, 0.3) is 11.0 Å². The lowest BCUT2D eigenvalue weighted by Crippen LogP contribution is -2.37. The highest BCUT2D eigenvalue weighted by Gasteiger charge is 2.26. The van der Waals surface area contributed by atoms with Gasteiger partial charge < -0.3 is 19.3 Å². The maximum absolute atomic E-state index is 12.8. The summed E-state index contributed by atoms with van der Waals surface area (Å²) in [6.07, 6.45) is 3.93. The molecule has 1 amide bonds. The molecule has 152 valence electrons. The maximum Gasteiger partial charge on any atom is 0.316 e. The van der Waals surface area contributed by atoms with Crippen molar-refractivity contribution in [1.82, 2.24) is 19.8 Å². The van der Waals surface area contributed by atoms with Crippen LogP contribution < -0.4 is 16.4 Å². The van der Waals surface area contributed by atoms with Crippen LogP contribution in [0.4, 0.5) is 0 Å². The quantitative estimate of drug-likeness (QED) is 0.620. The summed E-state index contributed by atoms with van der Waals surface area (Å²) in [4.78, 5) is 41.5. The van der Waals surface area contributed by atoms with Crippen LogP contribution in [0, 0.1) is 0 Å². The molecule has 0 aliphatic carbocycles. The van der Waals surface area contributed by atoms with Gasteiger partial charge in [-0.2, -0.15) is 0 Å². The number of aromatic amines is 1. The summed E-state index contributed by atoms with van der Waals surface area (Å²) in [5.41, 5.74) is 0.201. The molecule has 0 saturated carbocycles. The van der Waals surface area contributed by atoms with Crippen molar-refractivity contribution in [2.24, 2.45) is 0 Å². The Bertz CT molecular complexity index is 1120. The number of amides is 1. The zero-order valence-electron chi connectivity index (χ0n) is 16.3. The molecule has 2 N–H and O–H groups in total. The lowest BCUT2D eigenvalue weighted by atomic mass is 10.1. The van der Waals surface area contributed by atoms with Gasteiger partial charge in [0.2, 0.25) is 0 Å². The van der Waals surface area contributed by atoms with Crippen LogP contribution in [-0.4, -0.2) is 40.0 Å². The highest BCUT2D eigenvalue weighted by molar-refractivity contribution is 5.97. The van der Waals surface area contributed by atoms with E-state index < -0.39 is 11.1 Å². The number of nitrogens with one attached hydrogen (secondary N) is 2. The molecule has 4 rings (SSSR count). The third-order valence-corrected chi connectivity index (χ3v) is 5.46. The van der Waals surface area contributed by atoms with Gasteiger partial charge in [0.1, 0.15) is 5.76 Å². The predicted octanol–water partition coefficient (Wildman–Crippen LogP) is 1.87. The number of furan rings is 1. The Morgan fingerprint density at radius 3 is 2.72 bits per heavy atom. The molecule has 1 aliphatic rings. The third kappa shape index (κ3) is 3.75. The zero-order valence-corrected chi connectivity index (χ0v) is 16.3. The fourth-order valence-corrected chi connectivity index (χ4v) is 3.97. The topological polar surface area (TPSA) is 100 Å². The average molecular weight is 396 g/mol. The minimum atomic E-state index is -0.691. The van der Waals surface area contributed by atoms with Crippen LogP contribution in [0.15, 0.2) is 50.6 Å². The molecule has 0 radical (unpaired) electrons. The van der Waals surface area contributed by atoms with Gasteiger partial charge in [0.25, 0.3) is 5.91 Å². The number of aromatic nitrogens is 2. The third-order valence-electron chi connectivity index (χ3n) is 5.46. The molecule has 1 atom stereocenters. The number of nitrogens with zero attached hydrogens (tertiary/aromatic N) is 2. The summed E-state index contributed by atoms with van der Waals surface area (Å²) in [6.45, 7) is 4.56. The van der Waals surface area contributed by atoms with E-state index in [0.29, 0.717) is 29.7 Å². The maximum atomic E-state index is 12.8. The van der Waals surface area contributed by atoms with Gasteiger partial charge in [-0.05, 0) is 63.2 Å². The first-order valence-corrected chi connectivity index (χ1v) is 9.91. The number of likely N-dealkylation sites (tertiary alicyclic amines) is 1. The van der Waals surface area contributed by atoms with E-state index in [1.807, 2.05) is 12.1 Å². The normalized spacial score (nSPS) is 15.6. The Labute approximate surface area is 167 Å². The second kappa shape index (κ2) is 8.08. The number of hydrogen-bond donors (Lipinski definition) is 2. The first-order chi connectivity index (χ1) is 14.1. The number of fused-ring (bicyclic) bond motifs is 1. The first-order valence-electron chi connectivity index (χ1n) is 9.91. The first kappa shape index (κ1) is 19.2. The van der Waals surface area contributed by atoms with Crippen LogP contribution in [0.3, 0.4) is 0 Å². The van der Waals surface area contributed by atoms with E-state index in [1.165, 1.54) is 4.57 Å². The number of carbonyl (C=O) groups excluding carboxylic acids is 1. The molecule has 1 aromatic carbocycles. The highest BCUT2D eigenvalue weighted by atomic mass is 16.3. The van der Waals surface area contributed by atoms with E-state index >= 15 is 0 Å². The second-order valence-corrected chi connectivity index (χ2v) is 7.22. The molecule has 3 aromatic rings. The molecule has 2 aromatic heterocycles. The minimum absolute atomic E-state index is 0.0121. The molecular formula is C21H24N4O4. The van der Waals surface area contributed by atoms with Gasteiger partial charge in [-0.3, -0.25) is 19.3 Å². The van der Waals surface area contributed by atoms with Crippen molar-refractivity contribution in [2.45, 2.75) is 32.4 Å². The predicted molar refractivity (Wildman–Crippen MR) is 109 cm³/mol. The SMILES string of the molecule is CCn1c(=O)c(=O)[nH]c2cc(C(=O)NC[C@@H](c3ccco3)N3CCCC3)ccc21. The molecule has 1 saturated heterocycles. The Balaban J connectivity index is 1.56. The van der Waals surface area contributed by atoms with Crippen LogP contribution in [-0.2, 0) is 6.54 Å². The van der Waals surface area contributed by atoms with Crippen LogP contribution in [0.2, 0.25) is 0 Å². The van der Waals surface area contributed by atoms with E-state index in [2.05, 4.69) is 15.2 Å². The zero-order chi connectivity index (χ0) is 20.4. The van der Waals surface area contributed by atoms with Crippen LogP contribution in [0.5, 0.6) is 0 Å². The summed E-state index contributed by atoms with van der Waals surface area (Å²) >= 11 is 0. The van der Waals surface area contributed by atoms with Crippen molar-refractivity contribution in [1.29, 1.82) is 0 Å². The van der Waals surface area contributed by atoms with Crippen molar-refractivity contribution in [3.8, 4) is 0 Å². The molecular weight excluding hydrogens is 372 g/mol. The van der Waals surface area contributed by atoms with E-state index in [0.717, 1.165) is 31.7 Å². The summed E-state index contributed by atoms with van der Waals surface area (Å²) < 4.78 is 6.99. The van der Waals surface area contributed by atoms with E-state index in [4.69, 9.17) is 4.42 Å². The molecule has 29 heavy (non-hydrogen) atoms. The summed E-state index contributed by atoms with van der Waals surface area (Å²) in [7, 11) is 0. The largest absolute Gasteiger partial charge is 0.468 e. The van der Waals surface area contributed by atoms with Crippen molar-refractivity contribution >= 4 is 16.9 Å². The molecule has 3 heterocycles. The lowest BCUT2D eigenvalue weighted by molar-refractivity contribution is 0.0934. The van der Waals surface area contributed by atoms with Gasteiger partial charge in [-0.25, -0.2) is 0 Å². The number of carbonyl (C=O) groups is 1. The standard InChI is InChI=1S/C21H24N4O4/c1-2-25-16-8-7-14(12-15(16)23-20(27)21(25)28)19(26)22-13-17(18-6-5-11-29-18)24-9-3-4-10-24/h5-8,11-12,17H,2-4,9-10,13H2,1H3,(H,22,26)(H,23,27)/t17-/m0/s1. The van der Waals surface area contributed by atoms with Crippen LogP contribution in [0.1, 0.15) is 41.9 Å². The number of rotatable bonds is 6. The van der Waals surface area contributed by atoms with Gasteiger partial charge in [-0.1, -0.05) is 0 Å². The highest BCUT2D eigenvalue weighted by Crippen LogP contribution is 2.25. The fraction of sp³-hybridized carbons (Fsp3) is 0.381. The van der Waals surface area contributed by atoms with E-state index in [1.54, 1.807) is 31.4 Å². The molecule has 0 unspecified atom stereocenters. The number of benzene rings is 1. The monoisotopic (exact) mass is 396 g/mol. The molecule has 0 bridgehead atoms. The fourth-order valence-electron chi connectivity index (χ4n) is 3.97. The summed E-state index contributed by atoms with van der Waals surface area (Å²) in [5.74, 6) is 0.597. The van der Waals surface area contributed by atoms with Crippen molar-refractivity contribution < 1.29 is 9.21 Å². The second-order valence-electron chi connectivity index (χ2n) is 7.22. The molecule has 1 fully saturated rings. The Kier molecular flexibility index (Phi) is 5.35. The van der Waals surface area contributed by atoms with Crippen molar-refractivity contribution in [3.63, 3.8) is 0 Å². The Morgan fingerprint density at radius 1 is 1.24 bits per heavy atom. The van der Waals surface area contributed by atoms with E-state index in [9.17, 15) is 14.4 Å². The molecule has 8 nitrogen and oxygen atoms in total. The van der Waals surface area contributed by atoms with Gasteiger partial charge in [0, 0.05) is 18.7 Å². The van der Waals surface area contributed by atoms with E-state index in [-0.39, 0.29) is 11.9 Å². The number of H-pyrrole nitrogens is 1. The lowest BCUT2D eigenvalue weighted by Gasteiger charge is -2.26. The average Bonchev–Trinajstić information content (AvgIpc) is 3.43. The Hall–Kier alpha value is -3.13. The molecule has 0 spiro atoms. The van der Waals surface area contributed by atoms with Gasteiger partial charge in [0.05, 0.1) is 23.3 Å². The van der Waals surface area contributed by atoms with Crippen molar-refractivity contribution in [2.75, 3.05) is 19.6 Å². The smallest absolute Gasteiger partial charge is 0.316 e.